The Hall–Kier alpha value is -3.09. The third-order valence-electron chi connectivity index (χ3n) is 6.01. The van der Waals surface area contributed by atoms with Crippen molar-refractivity contribution < 1.29 is 24.2 Å². The van der Waals surface area contributed by atoms with Crippen LogP contribution in [0, 0.1) is 5.92 Å². The zero-order valence-electron chi connectivity index (χ0n) is 19.2. The second kappa shape index (κ2) is 9.18. The number of nitrogens with one attached hydrogen (secondary N) is 2. The lowest BCUT2D eigenvalue weighted by Crippen LogP contribution is -2.57. The predicted molar refractivity (Wildman–Crippen MR) is 124 cm³/mol. The van der Waals surface area contributed by atoms with Crippen LogP contribution in [0.25, 0.3) is 10.8 Å². The highest BCUT2D eigenvalue weighted by atomic mass is 16.6. The van der Waals surface area contributed by atoms with Crippen molar-refractivity contribution in [3.05, 3.63) is 42.0 Å². The van der Waals surface area contributed by atoms with Gasteiger partial charge in [-0.1, -0.05) is 43.5 Å². The van der Waals surface area contributed by atoms with Crippen LogP contribution in [0.15, 0.2) is 36.4 Å². The molecule has 1 saturated carbocycles. The van der Waals surface area contributed by atoms with E-state index in [-0.39, 0.29) is 17.2 Å². The molecule has 32 heavy (non-hydrogen) atoms. The van der Waals surface area contributed by atoms with Crippen molar-refractivity contribution in [1.82, 2.24) is 5.32 Å². The minimum atomic E-state index is -1.40. The molecule has 3 N–H and O–H groups in total. The highest BCUT2D eigenvalue weighted by molar-refractivity contribution is 6.08. The minimum absolute atomic E-state index is 0.152. The van der Waals surface area contributed by atoms with E-state index in [2.05, 4.69) is 10.6 Å². The van der Waals surface area contributed by atoms with Crippen LogP contribution >= 0.6 is 0 Å². The van der Waals surface area contributed by atoms with Crippen LogP contribution < -0.4 is 10.6 Å². The molecule has 1 atom stereocenters. The van der Waals surface area contributed by atoms with Crippen molar-refractivity contribution in [1.29, 1.82) is 0 Å². The molecule has 3 rings (SSSR count). The molecule has 1 aliphatic carbocycles. The van der Waals surface area contributed by atoms with Crippen LogP contribution in [0.1, 0.15) is 70.2 Å². The van der Waals surface area contributed by atoms with Crippen molar-refractivity contribution in [2.75, 3.05) is 5.32 Å². The quantitative estimate of drug-likeness (QED) is 0.582. The molecule has 0 bridgehead atoms. The molecule has 0 radical (unpaired) electrons. The fourth-order valence-electron chi connectivity index (χ4n) is 4.26. The average Bonchev–Trinajstić information content (AvgIpc) is 2.72. The zero-order valence-corrected chi connectivity index (χ0v) is 19.2. The van der Waals surface area contributed by atoms with Crippen molar-refractivity contribution in [3.8, 4) is 0 Å². The lowest BCUT2D eigenvalue weighted by Gasteiger charge is -2.37. The maximum Gasteiger partial charge on any atom is 0.412 e. The van der Waals surface area contributed by atoms with Crippen molar-refractivity contribution in [2.24, 2.45) is 5.92 Å². The summed E-state index contributed by atoms with van der Waals surface area (Å²) in [6.45, 7) is 6.83. The summed E-state index contributed by atoms with van der Waals surface area (Å²) in [5.41, 5.74) is -1.64. The van der Waals surface area contributed by atoms with Gasteiger partial charge >= 0.3 is 12.1 Å². The minimum Gasteiger partial charge on any atom is -0.480 e. The average molecular weight is 441 g/mol. The van der Waals surface area contributed by atoms with Gasteiger partial charge in [-0.15, -0.1) is 0 Å². The Kier molecular flexibility index (Phi) is 6.77. The number of carbonyl (C=O) groups excluding carboxylic acids is 2. The third kappa shape index (κ3) is 5.39. The van der Waals surface area contributed by atoms with E-state index in [0.29, 0.717) is 0 Å². The molecule has 0 saturated heterocycles. The lowest BCUT2D eigenvalue weighted by atomic mass is 9.75. The molecule has 1 fully saturated rings. The predicted octanol–water partition coefficient (Wildman–Crippen LogP) is 5.34. The monoisotopic (exact) mass is 440 g/mol. The largest absolute Gasteiger partial charge is 0.480 e. The number of rotatable bonds is 5. The SMILES string of the molecule is CC(C)(C)OC(=O)Nc1cc2ccccc2cc1C(=O)N[C@](C)(C(=O)O)C1CCCCC1. The van der Waals surface area contributed by atoms with Gasteiger partial charge in [0.05, 0.1) is 11.3 Å². The molecule has 7 nitrogen and oxygen atoms in total. The number of anilines is 1. The Morgan fingerprint density at radius 3 is 2.12 bits per heavy atom. The number of ether oxygens (including phenoxy) is 1. The van der Waals surface area contributed by atoms with Crippen molar-refractivity contribution in [3.63, 3.8) is 0 Å². The van der Waals surface area contributed by atoms with Crippen molar-refractivity contribution >= 4 is 34.4 Å². The first-order chi connectivity index (χ1) is 15.0. The first-order valence-electron chi connectivity index (χ1n) is 11.1. The van der Waals surface area contributed by atoms with Gasteiger partial charge in [-0.2, -0.15) is 0 Å². The summed E-state index contributed by atoms with van der Waals surface area (Å²) in [6, 6.07) is 10.8. The van der Waals surface area contributed by atoms with Gasteiger partial charge in [0.1, 0.15) is 11.1 Å². The van der Waals surface area contributed by atoms with Gasteiger partial charge < -0.3 is 15.2 Å². The molecule has 2 aromatic rings. The molecule has 172 valence electrons. The van der Waals surface area contributed by atoms with Gasteiger partial charge in [0.15, 0.2) is 0 Å². The van der Waals surface area contributed by atoms with E-state index in [9.17, 15) is 19.5 Å². The van der Waals surface area contributed by atoms with E-state index < -0.39 is 29.1 Å². The number of carboxylic acid groups (broad SMARTS) is 1. The fourth-order valence-corrected chi connectivity index (χ4v) is 4.26. The Morgan fingerprint density at radius 2 is 1.56 bits per heavy atom. The number of hydrogen-bond donors (Lipinski definition) is 3. The standard InChI is InChI=1S/C25H32N2O5/c1-24(2,3)32-23(31)26-20-15-17-11-9-8-10-16(17)14-19(20)21(28)27-25(4,22(29)30)18-12-6-5-7-13-18/h8-11,14-15,18H,5-7,12-13H2,1-4H3,(H,26,31)(H,27,28)(H,29,30)/t25-/m0/s1. The molecule has 2 amide bonds. The van der Waals surface area contributed by atoms with Gasteiger partial charge in [-0.3, -0.25) is 10.1 Å². The summed E-state index contributed by atoms with van der Waals surface area (Å²) in [5.74, 6) is -1.75. The lowest BCUT2D eigenvalue weighted by molar-refractivity contribution is -0.146. The molecule has 0 heterocycles. The second-order valence-corrected chi connectivity index (χ2v) is 9.67. The molecular weight excluding hydrogens is 408 g/mol. The van der Waals surface area contributed by atoms with E-state index in [1.54, 1.807) is 39.8 Å². The normalized spacial score (nSPS) is 16.8. The first kappa shape index (κ1) is 23.6. The van der Waals surface area contributed by atoms with Crippen LogP contribution in [0.2, 0.25) is 0 Å². The van der Waals surface area contributed by atoms with Crippen LogP contribution in [0.5, 0.6) is 0 Å². The van der Waals surface area contributed by atoms with E-state index in [0.717, 1.165) is 42.9 Å². The summed E-state index contributed by atoms with van der Waals surface area (Å²) >= 11 is 0. The number of fused-ring (bicyclic) bond motifs is 1. The molecule has 0 unspecified atom stereocenters. The van der Waals surface area contributed by atoms with E-state index in [1.165, 1.54) is 0 Å². The molecular formula is C25H32N2O5. The van der Waals surface area contributed by atoms with Gasteiger partial charge in [-0.25, -0.2) is 9.59 Å². The Labute approximate surface area is 188 Å². The Balaban J connectivity index is 1.96. The molecule has 7 heteroatoms. The highest BCUT2D eigenvalue weighted by Gasteiger charge is 2.43. The second-order valence-electron chi connectivity index (χ2n) is 9.67. The smallest absolute Gasteiger partial charge is 0.412 e. The summed E-state index contributed by atoms with van der Waals surface area (Å²) in [6.07, 6.45) is 3.80. The van der Waals surface area contributed by atoms with Gasteiger partial charge in [-0.05, 0) is 69.4 Å². The van der Waals surface area contributed by atoms with Crippen molar-refractivity contribution in [2.45, 2.75) is 70.9 Å². The van der Waals surface area contributed by atoms with Crippen LogP contribution in [0.4, 0.5) is 10.5 Å². The molecule has 0 spiro atoms. The maximum atomic E-state index is 13.4. The number of benzene rings is 2. The summed E-state index contributed by atoms with van der Waals surface area (Å²) < 4.78 is 5.35. The van der Waals surface area contributed by atoms with E-state index in [4.69, 9.17) is 4.74 Å². The summed E-state index contributed by atoms with van der Waals surface area (Å²) in [4.78, 5) is 38.0. The molecule has 2 aromatic carbocycles. The Morgan fingerprint density at radius 1 is 0.969 bits per heavy atom. The first-order valence-corrected chi connectivity index (χ1v) is 11.1. The maximum absolute atomic E-state index is 13.4. The molecule has 1 aliphatic rings. The van der Waals surface area contributed by atoms with Crippen LogP contribution in [-0.4, -0.2) is 34.2 Å². The number of carboxylic acids is 1. The number of carbonyl (C=O) groups is 3. The molecule has 0 aliphatic heterocycles. The fraction of sp³-hybridized carbons (Fsp3) is 0.480. The van der Waals surface area contributed by atoms with Crippen LogP contribution in [-0.2, 0) is 9.53 Å². The summed E-state index contributed by atoms with van der Waals surface area (Å²) in [5, 5.41) is 17.1. The van der Waals surface area contributed by atoms with Gasteiger partial charge in [0, 0.05) is 0 Å². The molecule has 0 aromatic heterocycles. The van der Waals surface area contributed by atoms with Gasteiger partial charge in [0.25, 0.3) is 5.91 Å². The summed E-state index contributed by atoms with van der Waals surface area (Å²) in [7, 11) is 0. The van der Waals surface area contributed by atoms with Crippen LogP contribution in [0.3, 0.4) is 0 Å². The topological polar surface area (TPSA) is 105 Å². The zero-order chi connectivity index (χ0) is 23.5. The number of aliphatic carboxylic acids is 1. The van der Waals surface area contributed by atoms with E-state index >= 15 is 0 Å². The van der Waals surface area contributed by atoms with Gasteiger partial charge in [0.2, 0.25) is 0 Å². The Bertz CT molecular complexity index is 1020. The third-order valence-corrected chi connectivity index (χ3v) is 6.01. The number of hydrogen-bond acceptors (Lipinski definition) is 4. The number of amides is 2. The highest BCUT2D eigenvalue weighted by Crippen LogP contribution is 2.34. The van der Waals surface area contributed by atoms with E-state index in [1.807, 2.05) is 24.3 Å².